The number of nitrogens with zero attached hydrogens (tertiary/aromatic N) is 4. The quantitative estimate of drug-likeness (QED) is 0.182. The Morgan fingerprint density at radius 3 is 2.05 bits per heavy atom. The van der Waals surface area contributed by atoms with Gasteiger partial charge in [-0.2, -0.15) is 0 Å². The minimum atomic E-state index is -0.244. The van der Waals surface area contributed by atoms with Gasteiger partial charge < -0.3 is 4.90 Å². The topological polar surface area (TPSA) is 32.3 Å². The Bertz CT molecular complexity index is 1720. The van der Waals surface area contributed by atoms with Crippen LogP contribution in [-0.4, -0.2) is 34.0 Å². The Balaban J connectivity index is 1.16. The van der Waals surface area contributed by atoms with Gasteiger partial charge in [-0.05, 0) is 129 Å². The van der Waals surface area contributed by atoms with Crippen LogP contribution in [0.2, 0.25) is 0 Å². The van der Waals surface area contributed by atoms with E-state index in [0.29, 0.717) is 6.04 Å². The molecular weight excluding hydrogens is 543 g/mol. The molecular formula is C39H41FN4. The fraction of sp³-hybridized carbons (Fsp3) is 0.282. The molecule has 0 spiro atoms. The summed E-state index contributed by atoms with van der Waals surface area (Å²) in [5.41, 5.74) is 12.8. The van der Waals surface area contributed by atoms with Gasteiger partial charge in [0.25, 0.3) is 0 Å². The minimum Gasteiger partial charge on any atom is -0.364 e. The number of hydrogen-bond acceptors (Lipinski definition) is 4. The van der Waals surface area contributed by atoms with Crippen molar-refractivity contribution in [1.82, 2.24) is 14.9 Å². The van der Waals surface area contributed by atoms with Crippen LogP contribution in [0, 0.1) is 33.5 Å². The van der Waals surface area contributed by atoms with Crippen molar-refractivity contribution in [1.29, 1.82) is 0 Å². The second-order valence-electron chi connectivity index (χ2n) is 12.3. The number of benzene rings is 3. The van der Waals surface area contributed by atoms with E-state index in [4.69, 9.17) is 4.98 Å². The summed E-state index contributed by atoms with van der Waals surface area (Å²) < 4.78 is 13.9. The van der Waals surface area contributed by atoms with E-state index in [1.165, 1.54) is 50.7 Å². The molecule has 0 N–H and O–H groups in total. The van der Waals surface area contributed by atoms with Gasteiger partial charge in [0.15, 0.2) is 0 Å². The molecule has 0 atom stereocenters. The molecule has 4 nitrogen and oxygen atoms in total. The first-order valence-electron chi connectivity index (χ1n) is 15.6. The second kappa shape index (κ2) is 13.1. The zero-order chi connectivity index (χ0) is 30.6. The van der Waals surface area contributed by atoms with E-state index in [-0.39, 0.29) is 5.82 Å². The average molecular weight is 585 g/mol. The number of piperidine rings is 1. The van der Waals surface area contributed by atoms with Crippen LogP contribution in [0.3, 0.4) is 0 Å². The molecule has 44 heavy (non-hydrogen) atoms. The van der Waals surface area contributed by atoms with Gasteiger partial charge in [-0.15, -0.1) is 0 Å². The smallest absolute Gasteiger partial charge is 0.123 e. The Morgan fingerprint density at radius 2 is 1.36 bits per heavy atom. The van der Waals surface area contributed by atoms with Crippen molar-refractivity contribution >= 4 is 5.69 Å². The molecule has 224 valence electrons. The van der Waals surface area contributed by atoms with Gasteiger partial charge >= 0.3 is 0 Å². The van der Waals surface area contributed by atoms with Crippen molar-refractivity contribution in [3.05, 3.63) is 137 Å². The lowest BCUT2D eigenvalue weighted by atomic mass is 9.98. The van der Waals surface area contributed by atoms with E-state index in [0.717, 1.165) is 56.0 Å². The normalized spacial score (nSPS) is 14.1. The second-order valence-corrected chi connectivity index (χ2v) is 12.3. The third-order valence-corrected chi connectivity index (χ3v) is 9.11. The molecule has 5 aromatic rings. The van der Waals surface area contributed by atoms with Gasteiger partial charge in [0.1, 0.15) is 5.82 Å². The van der Waals surface area contributed by atoms with Gasteiger partial charge in [-0.1, -0.05) is 29.8 Å². The largest absolute Gasteiger partial charge is 0.364 e. The Hall–Kier alpha value is -4.35. The van der Waals surface area contributed by atoms with Crippen LogP contribution in [0.25, 0.3) is 22.5 Å². The maximum absolute atomic E-state index is 13.9. The van der Waals surface area contributed by atoms with Crippen LogP contribution >= 0.6 is 0 Å². The molecule has 1 saturated heterocycles. The molecule has 0 bridgehead atoms. The highest BCUT2D eigenvalue weighted by molar-refractivity contribution is 5.63. The number of anilines is 1. The van der Waals surface area contributed by atoms with E-state index >= 15 is 0 Å². The van der Waals surface area contributed by atoms with Crippen LogP contribution in [-0.2, 0) is 13.1 Å². The van der Waals surface area contributed by atoms with Crippen molar-refractivity contribution < 1.29 is 4.39 Å². The lowest BCUT2D eigenvalue weighted by Crippen LogP contribution is -2.44. The molecule has 2 aromatic heterocycles. The summed E-state index contributed by atoms with van der Waals surface area (Å²) in [6.45, 7) is 12.5. The number of aryl methyl sites for hydroxylation is 3. The predicted octanol–water partition coefficient (Wildman–Crippen LogP) is 8.85. The summed E-state index contributed by atoms with van der Waals surface area (Å²) in [6.07, 6.45) is 5.97. The number of aromatic nitrogens is 2. The maximum Gasteiger partial charge on any atom is 0.123 e. The van der Waals surface area contributed by atoms with Crippen LogP contribution < -0.4 is 4.90 Å². The first-order chi connectivity index (χ1) is 21.3. The Labute approximate surface area is 261 Å². The summed E-state index contributed by atoms with van der Waals surface area (Å²) in [5.74, 6) is -0.244. The van der Waals surface area contributed by atoms with Gasteiger partial charge in [-0.3, -0.25) is 14.9 Å². The molecule has 0 saturated carbocycles. The van der Waals surface area contributed by atoms with Crippen LogP contribution in [0.15, 0.2) is 97.3 Å². The molecule has 0 amide bonds. The van der Waals surface area contributed by atoms with Crippen LogP contribution in [0.1, 0.15) is 46.2 Å². The van der Waals surface area contributed by atoms with Crippen molar-refractivity contribution in [2.24, 2.45) is 0 Å². The molecule has 0 aliphatic carbocycles. The standard InChI is InChI=1S/C39H41FN4/c1-27-8-10-36(11-9-27)44(26-32-13-17-41-38(23-32)33-6-5-7-35(40)24-33)37-14-18-43(19-15-37)25-31-12-16-42-39(22-31)34-20-28(2)30(4)29(3)21-34/h5-13,16-17,20-24,37H,14-15,18-19,25-26H2,1-4H3. The van der Waals surface area contributed by atoms with Crippen molar-refractivity contribution in [2.75, 3.05) is 18.0 Å². The lowest BCUT2D eigenvalue weighted by Gasteiger charge is -2.40. The fourth-order valence-corrected chi connectivity index (χ4v) is 6.30. The third-order valence-electron chi connectivity index (χ3n) is 9.11. The zero-order valence-corrected chi connectivity index (χ0v) is 26.2. The molecule has 1 aliphatic heterocycles. The lowest BCUT2D eigenvalue weighted by molar-refractivity contribution is 0.201. The molecule has 6 rings (SSSR count). The third kappa shape index (κ3) is 6.89. The molecule has 0 unspecified atom stereocenters. The highest BCUT2D eigenvalue weighted by atomic mass is 19.1. The molecule has 5 heteroatoms. The summed E-state index contributed by atoms with van der Waals surface area (Å²) in [7, 11) is 0. The van der Waals surface area contributed by atoms with E-state index in [1.54, 1.807) is 12.1 Å². The summed E-state index contributed by atoms with van der Waals surface area (Å²) in [5, 5.41) is 0. The van der Waals surface area contributed by atoms with Crippen LogP contribution in [0.5, 0.6) is 0 Å². The number of pyridine rings is 2. The van der Waals surface area contributed by atoms with Gasteiger partial charge in [0.2, 0.25) is 0 Å². The summed E-state index contributed by atoms with van der Waals surface area (Å²) >= 11 is 0. The highest BCUT2D eigenvalue weighted by Gasteiger charge is 2.25. The summed E-state index contributed by atoms with van der Waals surface area (Å²) in [4.78, 5) is 14.4. The first-order valence-corrected chi connectivity index (χ1v) is 15.6. The fourth-order valence-electron chi connectivity index (χ4n) is 6.30. The zero-order valence-electron chi connectivity index (χ0n) is 26.2. The first kappa shape index (κ1) is 29.7. The van der Waals surface area contributed by atoms with E-state index < -0.39 is 0 Å². The van der Waals surface area contributed by atoms with Crippen molar-refractivity contribution in [3.8, 4) is 22.5 Å². The maximum atomic E-state index is 13.9. The SMILES string of the molecule is Cc1ccc(N(Cc2ccnc(-c3cccc(F)c3)c2)C2CCN(Cc3ccnc(-c4cc(C)c(C)c(C)c4)c3)CC2)cc1. The molecule has 3 heterocycles. The van der Waals surface area contributed by atoms with Gasteiger partial charge in [-0.25, -0.2) is 4.39 Å². The average Bonchev–Trinajstić information content (AvgIpc) is 3.03. The predicted molar refractivity (Wildman–Crippen MR) is 179 cm³/mol. The molecule has 1 aliphatic rings. The molecule has 3 aromatic carbocycles. The summed E-state index contributed by atoms with van der Waals surface area (Å²) in [6, 6.07) is 29.1. The van der Waals surface area contributed by atoms with Crippen molar-refractivity contribution in [2.45, 2.75) is 59.7 Å². The molecule has 1 fully saturated rings. The number of likely N-dealkylation sites (tertiary alicyclic amines) is 1. The van der Waals surface area contributed by atoms with Crippen molar-refractivity contribution in [3.63, 3.8) is 0 Å². The minimum absolute atomic E-state index is 0.244. The van der Waals surface area contributed by atoms with Gasteiger partial charge in [0.05, 0.1) is 11.4 Å². The Kier molecular flexibility index (Phi) is 8.85. The Morgan fingerprint density at radius 1 is 0.727 bits per heavy atom. The van der Waals surface area contributed by atoms with E-state index in [2.05, 4.69) is 103 Å². The van der Waals surface area contributed by atoms with Crippen LogP contribution in [0.4, 0.5) is 10.1 Å². The number of hydrogen-bond donors (Lipinski definition) is 0. The monoisotopic (exact) mass is 584 g/mol. The number of halogens is 1. The van der Waals surface area contributed by atoms with Gasteiger partial charge in [0, 0.05) is 61.4 Å². The highest BCUT2D eigenvalue weighted by Crippen LogP contribution is 2.29. The van der Waals surface area contributed by atoms with E-state index in [1.807, 2.05) is 18.5 Å². The number of rotatable bonds is 8. The molecule has 0 radical (unpaired) electrons. The van der Waals surface area contributed by atoms with E-state index in [9.17, 15) is 4.39 Å².